The molecule has 2 heteroatoms. The van der Waals surface area contributed by atoms with Crippen LogP contribution < -0.4 is 0 Å². The molecule has 1 aliphatic carbocycles. The van der Waals surface area contributed by atoms with E-state index in [9.17, 15) is 4.79 Å². The minimum Gasteiger partial charge on any atom is -0.334 e. The molecule has 0 atom stereocenters. The zero-order valence-corrected chi connectivity index (χ0v) is 13.0. The SMILES string of the molecule is CCC=CCCC=CCN(C(=O)C1CC1)C(C)(C)C. The van der Waals surface area contributed by atoms with E-state index >= 15 is 0 Å². The number of allylic oxidation sites excluding steroid dienone is 3. The highest BCUT2D eigenvalue weighted by atomic mass is 16.2. The number of unbranched alkanes of at least 4 members (excludes halogenated alkanes) is 1. The molecule has 0 spiro atoms. The number of carbonyl (C=O) groups is 1. The van der Waals surface area contributed by atoms with E-state index in [1.165, 1.54) is 0 Å². The summed E-state index contributed by atoms with van der Waals surface area (Å²) in [4.78, 5) is 14.3. The van der Waals surface area contributed by atoms with E-state index in [-0.39, 0.29) is 5.54 Å². The van der Waals surface area contributed by atoms with Gasteiger partial charge in [0.2, 0.25) is 5.91 Å². The molecule has 1 aliphatic rings. The van der Waals surface area contributed by atoms with Crippen LogP contribution in [0.2, 0.25) is 0 Å². The van der Waals surface area contributed by atoms with Crippen molar-refractivity contribution in [3.8, 4) is 0 Å². The van der Waals surface area contributed by atoms with Gasteiger partial charge in [0, 0.05) is 18.0 Å². The van der Waals surface area contributed by atoms with E-state index in [1.807, 2.05) is 4.90 Å². The van der Waals surface area contributed by atoms with Gasteiger partial charge in [0.15, 0.2) is 0 Å². The largest absolute Gasteiger partial charge is 0.334 e. The van der Waals surface area contributed by atoms with Gasteiger partial charge in [-0.3, -0.25) is 4.79 Å². The molecule has 1 fully saturated rings. The Morgan fingerprint density at radius 3 is 2.16 bits per heavy atom. The molecule has 2 nitrogen and oxygen atoms in total. The number of hydrogen-bond acceptors (Lipinski definition) is 1. The smallest absolute Gasteiger partial charge is 0.226 e. The lowest BCUT2D eigenvalue weighted by Crippen LogP contribution is -2.46. The van der Waals surface area contributed by atoms with Crippen molar-refractivity contribution in [3.63, 3.8) is 0 Å². The van der Waals surface area contributed by atoms with Crippen LogP contribution in [-0.2, 0) is 4.79 Å². The second-order valence-electron chi connectivity index (χ2n) is 6.32. The van der Waals surface area contributed by atoms with Gasteiger partial charge in [0.25, 0.3) is 0 Å². The number of carbonyl (C=O) groups excluding carboxylic acids is 1. The molecule has 0 bridgehead atoms. The lowest BCUT2D eigenvalue weighted by atomic mass is 10.0. The molecule has 1 rings (SSSR count). The number of hydrogen-bond donors (Lipinski definition) is 0. The fourth-order valence-corrected chi connectivity index (χ4v) is 2.02. The maximum absolute atomic E-state index is 12.2. The normalized spacial score (nSPS) is 16.4. The van der Waals surface area contributed by atoms with Crippen molar-refractivity contribution in [2.45, 2.75) is 65.3 Å². The van der Waals surface area contributed by atoms with Crippen LogP contribution in [0.3, 0.4) is 0 Å². The van der Waals surface area contributed by atoms with Gasteiger partial charge in [-0.15, -0.1) is 0 Å². The van der Waals surface area contributed by atoms with Crippen LogP contribution in [-0.4, -0.2) is 22.9 Å². The average Bonchev–Trinajstić information content (AvgIpc) is 3.14. The van der Waals surface area contributed by atoms with Crippen molar-refractivity contribution < 1.29 is 4.79 Å². The Morgan fingerprint density at radius 1 is 1.11 bits per heavy atom. The molecule has 1 amide bonds. The Balaban J connectivity index is 2.38. The summed E-state index contributed by atoms with van der Waals surface area (Å²) < 4.78 is 0. The van der Waals surface area contributed by atoms with Crippen molar-refractivity contribution in [3.05, 3.63) is 24.3 Å². The van der Waals surface area contributed by atoms with Gasteiger partial charge in [0.1, 0.15) is 0 Å². The molecule has 1 saturated carbocycles. The zero-order chi connectivity index (χ0) is 14.3. The fourth-order valence-electron chi connectivity index (χ4n) is 2.02. The van der Waals surface area contributed by atoms with Gasteiger partial charge >= 0.3 is 0 Å². The molecule has 0 aromatic heterocycles. The van der Waals surface area contributed by atoms with E-state index in [0.29, 0.717) is 11.8 Å². The third-order valence-corrected chi connectivity index (χ3v) is 3.36. The van der Waals surface area contributed by atoms with Gasteiger partial charge in [-0.25, -0.2) is 0 Å². The Labute approximate surface area is 118 Å². The maximum Gasteiger partial charge on any atom is 0.226 e. The summed E-state index contributed by atoms with van der Waals surface area (Å²) in [5.41, 5.74) is -0.0773. The minimum atomic E-state index is -0.0773. The topological polar surface area (TPSA) is 20.3 Å². The summed E-state index contributed by atoms with van der Waals surface area (Å²) in [6.45, 7) is 9.24. The summed E-state index contributed by atoms with van der Waals surface area (Å²) in [7, 11) is 0. The van der Waals surface area contributed by atoms with Gasteiger partial charge in [-0.1, -0.05) is 31.2 Å². The predicted octanol–water partition coefficient (Wildman–Crippen LogP) is 4.33. The lowest BCUT2D eigenvalue weighted by Gasteiger charge is -2.35. The van der Waals surface area contributed by atoms with E-state index in [1.54, 1.807) is 0 Å². The Morgan fingerprint density at radius 2 is 1.68 bits per heavy atom. The lowest BCUT2D eigenvalue weighted by molar-refractivity contribution is -0.136. The molecule has 19 heavy (non-hydrogen) atoms. The summed E-state index contributed by atoms with van der Waals surface area (Å²) in [6, 6.07) is 0. The molecule has 0 radical (unpaired) electrons. The highest BCUT2D eigenvalue weighted by Crippen LogP contribution is 2.33. The van der Waals surface area contributed by atoms with Crippen molar-refractivity contribution in [1.82, 2.24) is 4.90 Å². The quantitative estimate of drug-likeness (QED) is 0.494. The number of amides is 1. The van der Waals surface area contributed by atoms with E-state index in [0.717, 1.165) is 38.6 Å². The van der Waals surface area contributed by atoms with E-state index < -0.39 is 0 Å². The van der Waals surface area contributed by atoms with Gasteiger partial charge in [0.05, 0.1) is 0 Å². The molecule has 0 aromatic rings. The molecule has 0 saturated heterocycles. The Kier molecular flexibility index (Phi) is 6.33. The molecule has 108 valence electrons. The van der Waals surface area contributed by atoms with Crippen LogP contribution >= 0.6 is 0 Å². The summed E-state index contributed by atoms with van der Waals surface area (Å²) >= 11 is 0. The van der Waals surface area contributed by atoms with Crippen molar-refractivity contribution >= 4 is 5.91 Å². The van der Waals surface area contributed by atoms with Gasteiger partial charge in [-0.05, 0) is 52.9 Å². The number of rotatable bonds is 7. The first kappa shape index (κ1) is 16.0. The first-order valence-electron chi connectivity index (χ1n) is 7.58. The number of nitrogens with zero attached hydrogens (tertiary/aromatic N) is 1. The first-order chi connectivity index (χ1) is 8.96. The predicted molar refractivity (Wildman–Crippen MR) is 82.0 cm³/mol. The van der Waals surface area contributed by atoms with Crippen LogP contribution in [0.1, 0.15) is 59.8 Å². The fraction of sp³-hybridized carbons (Fsp3) is 0.706. The monoisotopic (exact) mass is 263 g/mol. The first-order valence-corrected chi connectivity index (χ1v) is 7.58. The van der Waals surface area contributed by atoms with Crippen LogP contribution in [0.15, 0.2) is 24.3 Å². The summed E-state index contributed by atoms with van der Waals surface area (Å²) in [5, 5.41) is 0. The maximum atomic E-state index is 12.2. The van der Waals surface area contributed by atoms with Crippen molar-refractivity contribution in [1.29, 1.82) is 0 Å². The van der Waals surface area contributed by atoms with Crippen LogP contribution in [0.25, 0.3) is 0 Å². The van der Waals surface area contributed by atoms with Crippen molar-refractivity contribution in [2.75, 3.05) is 6.54 Å². The second-order valence-corrected chi connectivity index (χ2v) is 6.32. The Bertz CT molecular complexity index is 332. The molecule has 0 aliphatic heterocycles. The third kappa shape index (κ3) is 6.09. The van der Waals surface area contributed by atoms with Crippen LogP contribution in [0, 0.1) is 5.92 Å². The molecular weight excluding hydrogens is 234 g/mol. The summed E-state index contributed by atoms with van der Waals surface area (Å²) in [5.74, 6) is 0.642. The highest BCUT2D eigenvalue weighted by molar-refractivity contribution is 5.81. The van der Waals surface area contributed by atoms with E-state index in [4.69, 9.17) is 0 Å². The van der Waals surface area contributed by atoms with Gasteiger partial charge in [-0.2, -0.15) is 0 Å². The molecule has 0 N–H and O–H groups in total. The molecule has 0 unspecified atom stereocenters. The molecular formula is C17H29NO. The minimum absolute atomic E-state index is 0.0773. The average molecular weight is 263 g/mol. The van der Waals surface area contributed by atoms with Crippen LogP contribution in [0.5, 0.6) is 0 Å². The Hall–Kier alpha value is -1.05. The van der Waals surface area contributed by atoms with E-state index in [2.05, 4.69) is 52.0 Å². The molecule has 0 heterocycles. The summed E-state index contributed by atoms with van der Waals surface area (Å²) in [6.07, 6.45) is 14.2. The van der Waals surface area contributed by atoms with Crippen LogP contribution in [0.4, 0.5) is 0 Å². The second kappa shape index (κ2) is 7.52. The highest BCUT2D eigenvalue weighted by Gasteiger charge is 2.36. The molecule has 0 aromatic carbocycles. The van der Waals surface area contributed by atoms with Crippen molar-refractivity contribution in [2.24, 2.45) is 5.92 Å². The zero-order valence-electron chi connectivity index (χ0n) is 13.0. The van der Waals surface area contributed by atoms with Gasteiger partial charge < -0.3 is 4.90 Å². The standard InChI is InChI=1S/C17H29NO/c1-5-6-7-8-9-10-11-14-18(17(2,3)4)16(19)15-12-13-15/h6-7,10-11,15H,5,8-9,12-14H2,1-4H3. The third-order valence-electron chi connectivity index (χ3n) is 3.36.